The van der Waals surface area contributed by atoms with E-state index in [1.807, 2.05) is 13.8 Å². The summed E-state index contributed by atoms with van der Waals surface area (Å²) >= 11 is 0. The van der Waals surface area contributed by atoms with Gasteiger partial charge in [-0.3, -0.25) is 4.79 Å². The van der Waals surface area contributed by atoms with Gasteiger partial charge in [0.15, 0.2) is 0 Å². The summed E-state index contributed by atoms with van der Waals surface area (Å²) in [5.41, 5.74) is 0.528. The quantitative estimate of drug-likeness (QED) is 0.504. The van der Waals surface area contributed by atoms with Crippen molar-refractivity contribution in [3.63, 3.8) is 0 Å². The molecule has 4 nitrogen and oxygen atoms in total. The van der Waals surface area contributed by atoms with Crippen molar-refractivity contribution in [2.24, 2.45) is 5.92 Å². The SMILES string of the molecule is CC(C)=CCNCC1(O)CCC(C(=O)O)CC1. The minimum Gasteiger partial charge on any atom is -0.481 e. The van der Waals surface area contributed by atoms with Gasteiger partial charge < -0.3 is 15.5 Å². The Bertz CT molecular complexity index is 287. The average molecular weight is 241 g/mol. The molecule has 98 valence electrons. The Kier molecular flexibility index (Phi) is 5.15. The molecular formula is C13H23NO3. The molecule has 4 heteroatoms. The zero-order valence-corrected chi connectivity index (χ0v) is 10.7. The van der Waals surface area contributed by atoms with Crippen LogP contribution in [0.15, 0.2) is 11.6 Å². The Morgan fingerprint density at radius 2 is 2.00 bits per heavy atom. The highest BCUT2D eigenvalue weighted by Crippen LogP contribution is 2.31. The van der Waals surface area contributed by atoms with Gasteiger partial charge in [0.25, 0.3) is 0 Å². The van der Waals surface area contributed by atoms with Crippen LogP contribution in [0.1, 0.15) is 39.5 Å². The lowest BCUT2D eigenvalue weighted by molar-refractivity contribution is -0.144. The van der Waals surface area contributed by atoms with E-state index >= 15 is 0 Å². The van der Waals surface area contributed by atoms with E-state index in [1.54, 1.807) is 0 Å². The van der Waals surface area contributed by atoms with Crippen LogP contribution in [-0.2, 0) is 4.79 Å². The number of aliphatic hydroxyl groups is 1. The van der Waals surface area contributed by atoms with Crippen molar-refractivity contribution in [2.75, 3.05) is 13.1 Å². The molecule has 0 atom stereocenters. The highest BCUT2D eigenvalue weighted by Gasteiger charge is 2.35. The normalized spacial score (nSPS) is 28.8. The van der Waals surface area contributed by atoms with Crippen molar-refractivity contribution >= 4 is 5.97 Å². The standard InChI is InChI=1S/C13H23NO3/c1-10(2)5-8-14-9-13(17)6-3-11(4-7-13)12(15)16/h5,11,14,17H,3-4,6-9H2,1-2H3,(H,15,16). The first-order valence-electron chi connectivity index (χ1n) is 6.22. The number of carbonyl (C=O) groups is 1. The van der Waals surface area contributed by atoms with Gasteiger partial charge in [-0.25, -0.2) is 0 Å². The van der Waals surface area contributed by atoms with Crippen molar-refractivity contribution in [2.45, 2.75) is 45.1 Å². The maximum atomic E-state index is 10.8. The number of rotatable bonds is 5. The molecule has 0 spiro atoms. The Hall–Kier alpha value is -0.870. The van der Waals surface area contributed by atoms with Gasteiger partial charge in [0.2, 0.25) is 0 Å². The third-order valence-electron chi connectivity index (χ3n) is 3.37. The second kappa shape index (κ2) is 6.17. The Balaban J connectivity index is 2.29. The summed E-state index contributed by atoms with van der Waals surface area (Å²) in [7, 11) is 0. The van der Waals surface area contributed by atoms with Crippen LogP contribution >= 0.6 is 0 Å². The molecule has 1 fully saturated rings. The number of hydrogen-bond donors (Lipinski definition) is 3. The molecule has 0 radical (unpaired) electrons. The minimum absolute atomic E-state index is 0.270. The predicted molar refractivity (Wildman–Crippen MR) is 66.8 cm³/mol. The Labute approximate surface area is 103 Å². The molecule has 0 aromatic carbocycles. The van der Waals surface area contributed by atoms with Crippen LogP contribution in [0.3, 0.4) is 0 Å². The van der Waals surface area contributed by atoms with Gasteiger partial charge in [-0.1, -0.05) is 11.6 Å². The summed E-state index contributed by atoms with van der Waals surface area (Å²) in [5, 5.41) is 22.3. The minimum atomic E-state index is -0.732. The van der Waals surface area contributed by atoms with Crippen LogP contribution in [0.5, 0.6) is 0 Å². The lowest BCUT2D eigenvalue weighted by atomic mass is 9.79. The maximum Gasteiger partial charge on any atom is 0.306 e. The second-order valence-corrected chi connectivity index (χ2v) is 5.25. The maximum absolute atomic E-state index is 10.8. The van der Waals surface area contributed by atoms with Gasteiger partial charge >= 0.3 is 5.97 Å². The van der Waals surface area contributed by atoms with E-state index < -0.39 is 11.6 Å². The summed E-state index contributed by atoms with van der Waals surface area (Å²) in [6.45, 7) is 5.37. The van der Waals surface area contributed by atoms with Gasteiger partial charge in [0, 0.05) is 13.1 Å². The zero-order valence-electron chi connectivity index (χ0n) is 10.7. The van der Waals surface area contributed by atoms with Gasteiger partial charge in [-0.05, 0) is 39.5 Å². The fraction of sp³-hybridized carbons (Fsp3) is 0.769. The molecule has 0 bridgehead atoms. The summed E-state index contributed by atoms with van der Waals surface area (Å²) in [6.07, 6.45) is 4.39. The highest BCUT2D eigenvalue weighted by atomic mass is 16.4. The van der Waals surface area contributed by atoms with Crippen molar-refractivity contribution < 1.29 is 15.0 Å². The molecule has 1 saturated carbocycles. The molecular weight excluding hydrogens is 218 g/mol. The molecule has 0 aromatic rings. The fourth-order valence-electron chi connectivity index (χ4n) is 2.16. The fourth-order valence-corrected chi connectivity index (χ4v) is 2.16. The molecule has 1 aliphatic rings. The number of carboxylic acid groups (broad SMARTS) is 1. The first-order chi connectivity index (χ1) is 7.93. The Morgan fingerprint density at radius 3 is 2.47 bits per heavy atom. The molecule has 3 N–H and O–H groups in total. The first-order valence-corrected chi connectivity index (χ1v) is 6.22. The summed E-state index contributed by atoms with van der Waals surface area (Å²) in [5.74, 6) is -1.00. The number of allylic oxidation sites excluding steroid dienone is 1. The number of carboxylic acids is 1. The number of aliphatic carboxylic acids is 1. The van der Waals surface area contributed by atoms with Gasteiger partial charge in [-0.2, -0.15) is 0 Å². The van der Waals surface area contributed by atoms with Crippen LogP contribution in [-0.4, -0.2) is 34.9 Å². The van der Waals surface area contributed by atoms with E-state index in [0.717, 1.165) is 6.54 Å². The predicted octanol–water partition coefficient (Wildman–Crippen LogP) is 1.55. The van der Waals surface area contributed by atoms with E-state index in [9.17, 15) is 9.90 Å². The zero-order chi connectivity index (χ0) is 12.9. The number of hydrogen-bond acceptors (Lipinski definition) is 3. The van der Waals surface area contributed by atoms with E-state index in [-0.39, 0.29) is 5.92 Å². The summed E-state index contributed by atoms with van der Waals surface area (Å²) < 4.78 is 0. The number of nitrogens with one attached hydrogen (secondary N) is 1. The van der Waals surface area contributed by atoms with Gasteiger partial charge in [0.05, 0.1) is 11.5 Å². The summed E-state index contributed by atoms with van der Waals surface area (Å²) in [6, 6.07) is 0. The van der Waals surface area contributed by atoms with Crippen molar-refractivity contribution in [3.8, 4) is 0 Å². The molecule has 17 heavy (non-hydrogen) atoms. The molecule has 0 saturated heterocycles. The monoisotopic (exact) mass is 241 g/mol. The third-order valence-corrected chi connectivity index (χ3v) is 3.37. The molecule has 0 aromatic heterocycles. The second-order valence-electron chi connectivity index (χ2n) is 5.25. The van der Waals surface area contributed by atoms with E-state index in [1.165, 1.54) is 5.57 Å². The average Bonchev–Trinajstić information content (AvgIpc) is 2.25. The lowest BCUT2D eigenvalue weighted by Crippen LogP contribution is -2.44. The van der Waals surface area contributed by atoms with Crippen LogP contribution in [0.4, 0.5) is 0 Å². The van der Waals surface area contributed by atoms with Gasteiger partial charge in [-0.15, -0.1) is 0 Å². The molecule has 0 amide bonds. The lowest BCUT2D eigenvalue weighted by Gasteiger charge is -2.34. The molecule has 1 aliphatic carbocycles. The van der Waals surface area contributed by atoms with E-state index in [4.69, 9.17) is 5.11 Å². The molecule has 0 unspecified atom stereocenters. The highest BCUT2D eigenvalue weighted by molar-refractivity contribution is 5.70. The molecule has 1 rings (SSSR count). The van der Waals surface area contributed by atoms with Crippen molar-refractivity contribution in [3.05, 3.63) is 11.6 Å². The van der Waals surface area contributed by atoms with Crippen LogP contribution in [0.25, 0.3) is 0 Å². The Morgan fingerprint density at radius 1 is 1.41 bits per heavy atom. The van der Waals surface area contributed by atoms with E-state index in [0.29, 0.717) is 32.2 Å². The molecule has 0 aliphatic heterocycles. The smallest absolute Gasteiger partial charge is 0.306 e. The van der Waals surface area contributed by atoms with Crippen LogP contribution in [0.2, 0.25) is 0 Å². The topological polar surface area (TPSA) is 69.6 Å². The molecule has 0 heterocycles. The first kappa shape index (κ1) is 14.2. The van der Waals surface area contributed by atoms with Crippen molar-refractivity contribution in [1.29, 1.82) is 0 Å². The van der Waals surface area contributed by atoms with E-state index in [2.05, 4.69) is 11.4 Å². The van der Waals surface area contributed by atoms with Crippen molar-refractivity contribution in [1.82, 2.24) is 5.32 Å². The third kappa shape index (κ3) is 4.88. The van der Waals surface area contributed by atoms with Crippen LogP contribution in [0, 0.1) is 5.92 Å². The van der Waals surface area contributed by atoms with Crippen LogP contribution < -0.4 is 5.32 Å². The largest absolute Gasteiger partial charge is 0.481 e. The summed E-state index contributed by atoms with van der Waals surface area (Å²) in [4.78, 5) is 10.8. The van der Waals surface area contributed by atoms with Gasteiger partial charge in [0.1, 0.15) is 0 Å².